The lowest BCUT2D eigenvalue weighted by Gasteiger charge is -2.14. The summed E-state index contributed by atoms with van der Waals surface area (Å²) in [4.78, 5) is 26.7. The Morgan fingerprint density at radius 3 is 2.50 bits per heavy atom. The van der Waals surface area contributed by atoms with E-state index in [-0.39, 0.29) is 24.8 Å². The number of amides is 1. The van der Waals surface area contributed by atoms with E-state index >= 15 is 0 Å². The Bertz CT molecular complexity index is 836. The maximum Gasteiger partial charge on any atom is 0.337 e. The van der Waals surface area contributed by atoms with Gasteiger partial charge in [0, 0.05) is 19.0 Å². The van der Waals surface area contributed by atoms with Crippen molar-refractivity contribution in [1.82, 2.24) is 15.5 Å². The zero-order valence-corrected chi connectivity index (χ0v) is 15.4. The molecule has 28 heavy (non-hydrogen) atoms. The van der Waals surface area contributed by atoms with E-state index in [2.05, 4.69) is 20.2 Å². The van der Waals surface area contributed by atoms with Crippen molar-refractivity contribution < 1.29 is 33.8 Å². The number of ether oxygens (including phenoxy) is 2. The number of methoxy groups -OCH3 is 1. The highest BCUT2D eigenvalue weighted by molar-refractivity contribution is 5.89. The lowest BCUT2D eigenvalue weighted by atomic mass is 10.1. The molecule has 1 aromatic heterocycles. The van der Waals surface area contributed by atoms with Gasteiger partial charge >= 0.3 is 5.97 Å². The van der Waals surface area contributed by atoms with E-state index in [1.807, 2.05) is 0 Å². The molecule has 10 heteroatoms. The van der Waals surface area contributed by atoms with Gasteiger partial charge in [-0.25, -0.2) is 4.79 Å². The van der Waals surface area contributed by atoms with Gasteiger partial charge in [-0.1, -0.05) is 17.3 Å². The molecule has 3 rings (SSSR count). The molecular weight excluding hydrogens is 370 g/mol. The number of aromatic nitrogens is 2. The van der Waals surface area contributed by atoms with Gasteiger partial charge in [-0.2, -0.15) is 4.98 Å². The Kier molecular flexibility index (Phi) is 6.02. The zero-order chi connectivity index (χ0) is 20.3. The SMILES string of the molecule is COC(=O)c1ccc(-c2noc(C[C@@H]3O[C@@H](CNC(C)=O)[C@@H](O)[C@H]3O)n2)cc1. The number of hydrogen-bond acceptors (Lipinski definition) is 9. The summed E-state index contributed by atoms with van der Waals surface area (Å²) in [7, 11) is 1.30. The summed E-state index contributed by atoms with van der Waals surface area (Å²) < 4.78 is 15.5. The minimum atomic E-state index is -1.14. The third-order valence-corrected chi connectivity index (χ3v) is 4.42. The maximum absolute atomic E-state index is 11.5. The van der Waals surface area contributed by atoms with Crippen molar-refractivity contribution in [2.75, 3.05) is 13.7 Å². The van der Waals surface area contributed by atoms with Crippen LogP contribution < -0.4 is 5.32 Å². The zero-order valence-electron chi connectivity index (χ0n) is 15.4. The number of hydrogen-bond donors (Lipinski definition) is 3. The monoisotopic (exact) mass is 391 g/mol. The molecule has 0 saturated carbocycles. The first kappa shape index (κ1) is 19.9. The summed E-state index contributed by atoms with van der Waals surface area (Å²) in [6.45, 7) is 1.44. The van der Waals surface area contributed by atoms with E-state index < -0.39 is 30.4 Å². The number of carbonyl (C=O) groups excluding carboxylic acids is 2. The van der Waals surface area contributed by atoms with Crippen LogP contribution in [0.1, 0.15) is 23.2 Å². The van der Waals surface area contributed by atoms with Crippen LogP contribution in [0.3, 0.4) is 0 Å². The van der Waals surface area contributed by atoms with E-state index in [0.29, 0.717) is 17.0 Å². The number of nitrogens with zero attached hydrogens (tertiary/aromatic N) is 2. The normalized spacial score (nSPS) is 24.1. The highest BCUT2D eigenvalue weighted by Crippen LogP contribution is 2.25. The highest BCUT2D eigenvalue weighted by atomic mass is 16.5. The molecule has 4 atom stereocenters. The molecule has 1 aliphatic rings. The summed E-state index contributed by atoms with van der Waals surface area (Å²) in [5.41, 5.74) is 1.04. The average molecular weight is 391 g/mol. The highest BCUT2D eigenvalue weighted by Gasteiger charge is 2.43. The second-order valence-corrected chi connectivity index (χ2v) is 6.42. The number of carbonyl (C=O) groups is 2. The van der Waals surface area contributed by atoms with Crippen LogP contribution in [0.2, 0.25) is 0 Å². The minimum Gasteiger partial charge on any atom is -0.465 e. The standard InChI is InChI=1S/C18H21N3O7/c1-9(22)19-8-13-16(24)15(23)12(27-13)7-14-20-17(21-28-14)10-3-5-11(6-4-10)18(25)26-2/h3-6,12-13,15-16,23-24H,7-8H2,1-2H3,(H,19,22)/t12-,13-,15-,16+/m0/s1. The predicted octanol–water partition coefficient (Wildman–Crippen LogP) is -0.309. The van der Waals surface area contributed by atoms with Gasteiger partial charge in [0.05, 0.1) is 25.2 Å². The van der Waals surface area contributed by atoms with E-state index in [1.165, 1.54) is 14.0 Å². The molecule has 1 saturated heterocycles. The van der Waals surface area contributed by atoms with Gasteiger partial charge in [-0.3, -0.25) is 4.79 Å². The first-order valence-electron chi connectivity index (χ1n) is 8.66. The summed E-state index contributed by atoms with van der Waals surface area (Å²) >= 11 is 0. The fraction of sp³-hybridized carbons (Fsp3) is 0.444. The minimum absolute atomic E-state index is 0.0890. The van der Waals surface area contributed by atoms with Crippen LogP contribution in [-0.4, -0.2) is 70.3 Å². The third kappa shape index (κ3) is 4.35. The molecule has 1 amide bonds. The maximum atomic E-state index is 11.5. The van der Waals surface area contributed by atoms with Crippen LogP contribution in [0.15, 0.2) is 28.8 Å². The summed E-state index contributed by atoms with van der Waals surface area (Å²) in [6.07, 6.45) is -3.65. The number of rotatable bonds is 6. The number of aliphatic hydroxyl groups is 2. The molecule has 0 bridgehead atoms. The molecule has 1 fully saturated rings. The molecule has 3 N–H and O–H groups in total. The molecule has 2 heterocycles. The molecule has 0 spiro atoms. The number of esters is 1. The topological polar surface area (TPSA) is 144 Å². The Morgan fingerprint density at radius 1 is 1.18 bits per heavy atom. The summed E-state index contributed by atoms with van der Waals surface area (Å²) in [5, 5.41) is 26.7. The van der Waals surface area contributed by atoms with Crippen molar-refractivity contribution in [3.05, 3.63) is 35.7 Å². The van der Waals surface area contributed by atoms with Crippen molar-refractivity contribution in [3.8, 4) is 11.4 Å². The Morgan fingerprint density at radius 2 is 1.86 bits per heavy atom. The summed E-state index contributed by atoms with van der Waals surface area (Å²) in [6, 6.07) is 6.50. The largest absolute Gasteiger partial charge is 0.465 e. The quantitative estimate of drug-likeness (QED) is 0.565. The first-order valence-corrected chi connectivity index (χ1v) is 8.66. The lowest BCUT2D eigenvalue weighted by Crippen LogP contribution is -2.39. The van der Waals surface area contributed by atoms with Crippen molar-refractivity contribution in [1.29, 1.82) is 0 Å². The number of aliphatic hydroxyl groups excluding tert-OH is 2. The van der Waals surface area contributed by atoms with Gasteiger partial charge < -0.3 is 29.5 Å². The van der Waals surface area contributed by atoms with E-state index in [1.54, 1.807) is 24.3 Å². The molecule has 10 nitrogen and oxygen atoms in total. The first-order chi connectivity index (χ1) is 13.4. The molecule has 150 valence electrons. The van der Waals surface area contributed by atoms with E-state index in [0.717, 1.165) is 0 Å². The van der Waals surface area contributed by atoms with Crippen LogP contribution in [-0.2, 0) is 20.7 Å². The van der Waals surface area contributed by atoms with Crippen LogP contribution in [0.25, 0.3) is 11.4 Å². The second kappa shape index (κ2) is 8.46. The Balaban J connectivity index is 1.64. The van der Waals surface area contributed by atoms with Gasteiger partial charge in [0.1, 0.15) is 18.3 Å². The van der Waals surface area contributed by atoms with Crippen LogP contribution in [0, 0.1) is 0 Å². The fourth-order valence-corrected chi connectivity index (χ4v) is 2.91. The lowest BCUT2D eigenvalue weighted by molar-refractivity contribution is -0.119. The molecular formula is C18H21N3O7. The van der Waals surface area contributed by atoms with E-state index in [9.17, 15) is 19.8 Å². The third-order valence-electron chi connectivity index (χ3n) is 4.42. The molecule has 1 aliphatic heterocycles. The van der Waals surface area contributed by atoms with Crippen molar-refractivity contribution in [2.45, 2.75) is 37.8 Å². The average Bonchev–Trinajstić information content (AvgIpc) is 3.26. The van der Waals surface area contributed by atoms with E-state index in [4.69, 9.17) is 9.26 Å². The van der Waals surface area contributed by atoms with Gasteiger partial charge in [0.2, 0.25) is 17.6 Å². The smallest absolute Gasteiger partial charge is 0.337 e. The van der Waals surface area contributed by atoms with Gasteiger partial charge in [-0.15, -0.1) is 0 Å². The Hall–Kier alpha value is -2.82. The molecule has 1 aromatic carbocycles. The van der Waals surface area contributed by atoms with Crippen LogP contribution in [0.5, 0.6) is 0 Å². The van der Waals surface area contributed by atoms with Gasteiger partial charge in [0.25, 0.3) is 0 Å². The molecule has 0 unspecified atom stereocenters. The fourth-order valence-electron chi connectivity index (χ4n) is 2.91. The van der Waals surface area contributed by atoms with Gasteiger partial charge in [-0.05, 0) is 12.1 Å². The number of benzene rings is 1. The van der Waals surface area contributed by atoms with Gasteiger partial charge in [0.15, 0.2) is 0 Å². The van der Waals surface area contributed by atoms with Crippen molar-refractivity contribution in [2.24, 2.45) is 0 Å². The van der Waals surface area contributed by atoms with Crippen LogP contribution >= 0.6 is 0 Å². The van der Waals surface area contributed by atoms with Crippen molar-refractivity contribution in [3.63, 3.8) is 0 Å². The molecule has 0 radical (unpaired) electrons. The van der Waals surface area contributed by atoms with Crippen LogP contribution in [0.4, 0.5) is 0 Å². The van der Waals surface area contributed by atoms with Crippen molar-refractivity contribution >= 4 is 11.9 Å². The summed E-state index contributed by atoms with van der Waals surface area (Å²) in [5.74, 6) is -0.161. The Labute approximate surface area is 160 Å². The molecule has 2 aromatic rings. The second-order valence-electron chi connectivity index (χ2n) is 6.42. The molecule has 0 aliphatic carbocycles. The number of nitrogens with one attached hydrogen (secondary N) is 1. The predicted molar refractivity (Wildman–Crippen MR) is 94.1 cm³/mol.